The van der Waals surface area contributed by atoms with E-state index in [0.717, 1.165) is 4.90 Å². The van der Waals surface area contributed by atoms with Crippen LogP contribution in [0.5, 0.6) is 0 Å². The Morgan fingerprint density at radius 2 is 2.07 bits per heavy atom. The van der Waals surface area contributed by atoms with Crippen molar-refractivity contribution in [2.45, 2.75) is 30.1 Å². The van der Waals surface area contributed by atoms with E-state index in [1.54, 1.807) is 13.0 Å². The highest BCUT2D eigenvalue weighted by Crippen LogP contribution is 2.30. The number of rotatable bonds is 4. The SMILES string of the molecule is CC(CO)Sc1ccc(F)cc1[C@@H](C)O. The molecule has 2 nitrogen and oxygen atoms in total. The first-order chi connectivity index (χ1) is 7.04. The summed E-state index contributed by atoms with van der Waals surface area (Å²) in [7, 11) is 0. The zero-order valence-electron chi connectivity index (χ0n) is 8.77. The third kappa shape index (κ3) is 3.48. The first kappa shape index (κ1) is 12.5. The van der Waals surface area contributed by atoms with Crippen molar-refractivity contribution in [1.29, 1.82) is 0 Å². The van der Waals surface area contributed by atoms with Gasteiger partial charge in [0.05, 0.1) is 12.7 Å². The number of benzene rings is 1. The zero-order valence-corrected chi connectivity index (χ0v) is 9.59. The van der Waals surface area contributed by atoms with Gasteiger partial charge in [0.15, 0.2) is 0 Å². The summed E-state index contributed by atoms with van der Waals surface area (Å²) in [6.45, 7) is 3.53. The van der Waals surface area contributed by atoms with Crippen LogP contribution >= 0.6 is 11.8 Å². The quantitative estimate of drug-likeness (QED) is 0.780. The lowest BCUT2D eigenvalue weighted by atomic mass is 10.1. The van der Waals surface area contributed by atoms with Gasteiger partial charge in [0, 0.05) is 10.1 Å². The molecule has 15 heavy (non-hydrogen) atoms. The number of aliphatic hydroxyl groups excluding tert-OH is 2. The number of hydrogen-bond acceptors (Lipinski definition) is 3. The molecule has 0 aliphatic carbocycles. The van der Waals surface area contributed by atoms with Crippen LogP contribution in [0, 0.1) is 5.82 Å². The van der Waals surface area contributed by atoms with Crippen LogP contribution in [-0.4, -0.2) is 22.1 Å². The predicted octanol–water partition coefficient (Wildman–Crippen LogP) is 2.35. The fourth-order valence-corrected chi connectivity index (χ4v) is 2.23. The average molecular weight is 230 g/mol. The maximum Gasteiger partial charge on any atom is 0.123 e. The molecule has 0 spiro atoms. The van der Waals surface area contributed by atoms with Crippen LogP contribution in [0.4, 0.5) is 4.39 Å². The molecule has 0 saturated heterocycles. The minimum Gasteiger partial charge on any atom is -0.395 e. The highest BCUT2D eigenvalue weighted by atomic mass is 32.2. The second kappa shape index (κ2) is 5.49. The van der Waals surface area contributed by atoms with Gasteiger partial charge in [-0.25, -0.2) is 4.39 Å². The molecule has 4 heteroatoms. The normalized spacial score (nSPS) is 15.0. The third-order valence-electron chi connectivity index (χ3n) is 2.01. The molecule has 0 fully saturated rings. The van der Waals surface area contributed by atoms with Crippen molar-refractivity contribution < 1.29 is 14.6 Å². The van der Waals surface area contributed by atoms with E-state index in [9.17, 15) is 9.50 Å². The van der Waals surface area contributed by atoms with Gasteiger partial charge in [0.25, 0.3) is 0 Å². The summed E-state index contributed by atoms with van der Waals surface area (Å²) in [5.74, 6) is -0.355. The minimum absolute atomic E-state index is 0.0351. The van der Waals surface area contributed by atoms with Crippen LogP contribution in [0.3, 0.4) is 0 Å². The molecular formula is C11H15FO2S. The number of halogens is 1. The van der Waals surface area contributed by atoms with Crippen molar-refractivity contribution in [2.24, 2.45) is 0 Å². The first-order valence-electron chi connectivity index (χ1n) is 4.79. The molecule has 0 heterocycles. The molecule has 0 saturated carbocycles. The smallest absolute Gasteiger partial charge is 0.123 e. The van der Waals surface area contributed by atoms with E-state index in [1.165, 1.54) is 23.9 Å². The zero-order chi connectivity index (χ0) is 11.4. The first-order valence-corrected chi connectivity index (χ1v) is 5.67. The Morgan fingerprint density at radius 1 is 1.40 bits per heavy atom. The van der Waals surface area contributed by atoms with E-state index in [4.69, 9.17) is 5.11 Å². The number of hydrogen-bond donors (Lipinski definition) is 2. The van der Waals surface area contributed by atoms with Crippen molar-refractivity contribution in [3.05, 3.63) is 29.6 Å². The highest BCUT2D eigenvalue weighted by Gasteiger charge is 2.12. The van der Waals surface area contributed by atoms with Gasteiger partial charge in [-0.1, -0.05) is 6.92 Å². The van der Waals surface area contributed by atoms with Crippen LogP contribution < -0.4 is 0 Å². The number of thioether (sulfide) groups is 1. The van der Waals surface area contributed by atoms with E-state index in [-0.39, 0.29) is 17.7 Å². The summed E-state index contributed by atoms with van der Waals surface area (Å²) in [5.41, 5.74) is 0.570. The Kier molecular flexibility index (Phi) is 4.57. The molecule has 0 aliphatic heterocycles. The van der Waals surface area contributed by atoms with E-state index in [1.807, 2.05) is 6.92 Å². The minimum atomic E-state index is -0.700. The molecule has 0 aromatic heterocycles. The maximum absolute atomic E-state index is 13.0. The van der Waals surface area contributed by atoms with Crippen LogP contribution in [0.15, 0.2) is 23.1 Å². The summed E-state index contributed by atoms with van der Waals surface area (Å²) in [6.07, 6.45) is -0.700. The molecule has 1 aromatic carbocycles. The van der Waals surface area contributed by atoms with Crippen LogP contribution in [-0.2, 0) is 0 Å². The molecule has 1 aromatic rings. The average Bonchev–Trinajstić information content (AvgIpc) is 2.20. The van der Waals surface area contributed by atoms with Gasteiger partial charge in [-0.05, 0) is 30.7 Å². The Balaban J connectivity index is 2.95. The Bertz CT molecular complexity index is 328. The predicted molar refractivity (Wildman–Crippen MR) is 59.4 cm³/mol. The van der Waals surface area contributed by atoms with Crippen LogP contribution in [0.25, 0.3) is 0 Å². The van der Waals surface area contributed by atoms with Crippen molar-refractivity contribution in [3.63, 3.8) is 0 Å². The van der Waals surface area contributed by atoms with Gasteiger partial charge in [-0.3, -0.25) is 0 Å². The standard InChI is InChI=1S/C11H15FO2S/c1-7(6-13)15-11-4-3-9(12)5-10(11)8(2)14/h3-5,7-8,13-14H,6H2,1-2H3/t7?,8-/m1/s1. The topological polar surface area (TPSA) is 40.5 Å². The van der Waals surface area contributed by atoms with E-state index in [0.29, 0.717) is 5.56 Å². The fraction of sp³-hybridized carbons (Fsp3) is 0.455. The summed E-state index contributed by atoms with van der Waals surface area (Å²) in [5, 5.41) is 18.4. The molecular weight excluding hydrogens is 215 g/mol. The number of aliphatic hydroxyl groups is 2. The second-order valence-corrected chi connectivity index (χ2v) is 4.95. The molecule has 0 aliphatic rings. The molecule has 1 rings (SSSR count). The summed E-state index contributed by atoms with van der Waals surface area (Å²) in [4.78, 5) is 0.813. The van der Waals surface area contributed by atoms with Gasteiger partial charge < -0.3 is 10.2 Å². The van der Waals surface area contributed by atoms with Gasteiger partial charge in [-0.15, -0.1) is 11.8 Å². The molecule has 0 radical (unpaired) electrons. The maximum atomic E-state index is 13.0. The highest BCUT2D eigenvalue weighted by molar-refractivity contribution is 8.00. The van der Waals surface area contributed by atoms with E-state index in [2.05, 4.69) is 0 Å². The Hall–Kier alpha value is -0.580. The lowest BCUT2D eigenvalue weighted by Crippen LogP contribution is -2.04. The summed E-state index contributed by atoms with van der Waals surface area (Å²) in [6, 6.07) is 4.32. The summed E-state index contributed by atoms with van der Waals surface area (Å²) >= 11 is 1.43. The van der Waals surface area contributed by atoms with E-state index >= 15 is 0 Å². The largest absolute Gasteiger partial charge is 0.395 e. The van der Waals surface area contributed by atoms with E-state index < -0.39 is 6.10 Å². The van der Waals surface area contributed by atoms with Crippen molar-refractivity contribution in [1.82, 2.24) is 0 Å². The summed E-state index contributed by atoms with van der Waals surface area (Å²) < 4.78 is 13.0. The Morgan fingerprint density at radius 3 is 2.60 bits per heavy atom. The van der Waals surface area contributed by atoms with Gasteiger partial charge in [-0.2, -0.15) is 0 Å². The lowest BCUT2D eigenvalue weighted by Gasteiger charge is -2.14. The van der Waals surface area contributed by atoms with Crippen LogP contribution in [0.1, 0.15) is 25.5 Å². The monoisotopic (exact) mass is 230 g/mol. The third-order valence-corrected chi connectivity index (χ3v) is 3.18. The van der Waals surface area contributed by atoms with Crippen molar-refractivity contribution in [3.8, 4) is 0 Å². The molecule has 0 bridgehead atoms. The van der Waals surface area contributed by atoms with Crippen molar-refractivity contribution >= 4 is 11.8 Å². The molecule has 0 amide bonds. The Labute approximate surface area is 93.1 Å². The van der Waals surface area contributed by atoms with Gasteiger partial charge in [0.2, 0.25) is 0 Å². The lowest BCUT2D eigenvalue weighted by molar-refractivity contribution is 0.196. The fourth-order valence-electron chi connectivity index (χ4n) is 1.21. The van der Waals surface area contributed by atoms with Crippen molar-refractivity contribution in [2.75, 3.05) is 6.61 Å². The van der Waals surface area contributed by atoms with Crippen LogP contribution in [0.2, 0.25) is 0 Å². The van der Waals surface area contributed by atoms with Gasteiger partial charge >= 0.3 is 0 Å². The molecule has 2 atom stereocenters. The molecule has 84 valence electrons. The van der Waals surface area contributed by atoms with Gasteiger partial charge in [0.1, 0.15) is 5.82 Å². The second-order valence-electron chi connectivity index (χ2n) is 3.47. The molecule has 1 unspecified atom stereocenters. The molecule has 2 N–H and O–H groups in total.